The quantitative estimate of drug-likeness (QED) is 0.642. The number of nitro groups is 1. The van der Waals surface area contributed by atoms with Crippen LogP contribution in [0.3, 0.4) is 0 Å². The summed E-state index contributed by atoms with van der Waals surface area (Å²) in [6.07, 6.45) is 0.365. The van der Waals surface area contributed by atoms with E-state index in [9.17, 15) is 23.3 Å². The number of carbonyl (C=O) groups excluding carboxylic acids is 1. The van der Waals surface area contributed by atoms with Crippen LogP contribution in [-0.4, -0.2) is 36.9 Å². The smallest absolute Gasteiger partial charge is 0.319 e. The minimum Gasteiger partial charge on any atom is -0.334 e. The molecule has 2 rings (SSSR count). The number of rotatable bonds is 3. The molecule has 0 saturated carbocycles. The Kier molecular flexibility index (Phi) is 4.33. The summed E-state index contributed by atoms with van der Waals surface area (Å²) in [5.74, 6) is -0.0371. The van der Waals surface area contributed by atoms with Gasteiger partial charge in [0, 0.05) is 18.2 Å². The molecule has 0 aromatic heterocycles. The lowest BCUT2D eigenvalue weighted by Crippen LogP contribution is -2.38. The molecule has 10 heteroatoms. The molecule has 1 aliphatic heterocycles. The van der Waals surface area contributed by atoms with Gasteiger partial charge in [0.2, 0.25) is 0 Å². The number of sulfone groups is 1. The van der Waals surface area contributed by atoms with Crippen LogP contribution in [0, 0.1) is 10.1 Å². The maximum Gasteiger partial charge on any atom is 0.319 e. The SMILES string of the molecule is O=C(Nc1ccc([N+](=O)[O-])cc1Cl)N[C@@H]1CCS(=O)(=O)C1. The number of nitrogens with one attached hydrogen (secondary N) is 2. The van der Waals surface area contributed by atoms with Gasteiger partial charge in [0.15, 0.2) is 9.84 Å². The molecule has 0 unspecified atom stereocenters. The molecule has 1 heterocycles. The number of halogens is 1. The first kappa shape index (κ1) is 15.5. The molecular formula is C11H12ClN3O5S. The third-order valence-electron chi connectivity index (χ3n) is 2.98. The van der Waals surface area contributed by atoms with Crippen LogP contribution in [-0.2, 0) is 9.84 Å². The summed E-state index contributed by atoms with van der Waals surface area (Å²) in [6, 6.07) is 2.60. The average molecular weight is 334 g/mol. The number of amides is 2. The second-order valence-corrected chi connectivity index (χ2v) is 7.26. The fraction of sp³-hybridized carbons (Fsp3) is 0.364. The number of nitro benzene ring substituents is 1. The van der Waals surface area contributed by atoms with Crippen molar-refractivity contribution in [2.75, 3.05) is 16.8 Å². The first-order valence-corrected chi connectivity index (χ1v) is 8.19. The van der Waals surface area contributed by atoms with Crippen LogP contribution >= 0.6 is 11.6 Å². The molecule has 1 atom stereocenters. The van der Waals surface area contributed by atoms with E-state index in [0.717, 1.165) is 6.07 Å². The summed E-state index contributed by atoms with van der Waals surface area (Å²) in [4.78, 5) is 21.7. The van der Waals surface area contributed by atoms with Crippen LogP contribution < -0.4 is 10.6 Å². The fourth-order valence-corrected chi connectivity index (χ4v) is 3.87. The Morgan fingerprint density at radius 2 is 2.14 bits per heavy atom. The molecule has 1 aliphatic rings. The van der Waals surface area contributed by atoms with Gasteiger partial charge in [-0.3, -0.25) is 10.1 Å². The Bertz CT molecular complexity index is 691. The van der Waals surface area contributed by atoms with Crippen molar-refractivity contribution in [3.8, 4) is 0 Å². The van der Waals surface area contributed by atoms with Gasteiger partial charge in [-0.2, -0.15) is 0 Å². The number of urea groups is 1. The van der Waals surface area contributed by atoms with Crippen LogP contribution in [0.2, 0.25) is 5.02 Å². The van der Waals surface area contributed by atoms with Crippen LogP contribution in [0.4, 0.5) is 16.2 Å². The Morgan fingerprint density at radius 1 is 1.43 bits per heavy atom. The molecule has 21 heavy (non-hydrogen) atoms. The monoisotopic (exact) mass is 333 g/mol. The Morgan fingerprint density at radius 3 is 2.67 bits per heavy atom. The number of benzene rings is 1. The second kappa shape index (κ2) is 5.86. The van der Waals surface area contributed by atoms with E-state index in [1.807, 2.05) is 0 Å². The molecule has 114 valence electrons. The molecular weight excluding hydrogens is 322 g/mol. The zero-order valence-corrected chi connectivity index (χ0v) is 12.3. The van der Waals surface area contributed by atoms with E-state index in [1.54, 1.807) is 0 Å². The Balaban J connectivity index is 1.98. The molecule has 1 fully saturated rings. The molecule has 8 nitrogen and oxygen atoms in total. The molecule has 2 N–H and O–H groups in total. The van der Waals surface area contributed by atoms with E-state index in [-0.39, 0.29) is 27.9 Å². The highest BCUT2D eigenvalue weighted by Crippen LogP contribution is 2.26. The highest BCUT2D eigenvalue weighted by atomic mass is 35.5. The molecule has 1 saturated heterocycles. The van der Waals surface area contributed by atoms with Crippen LogP contribution in [0.1, 0.15) is 6.42 Å². The van der Waals surface area contributed by atoms with Crippen molar-refractivity contribution in [2.24, 2.45) is 0 Å². The van der Waals surface area contributed by atoms with Gasteiger partial charge in [-0.15, -0.1) is 0 Å². The number of hydrogen-bond donors (Lipinski definition) is 2. The molecule has 0 aliphatic carbocycles. The zero-order chi connectivity index (χ0) is 15.6. The Labute approximate surface area is 125 Å². The summed E-state index contributed by atoms with van der Waals surface area (Å²) in [6.45, 7) is 0. The highest BCUT2D eigenvalue weighted by Gasteiger charge is 2.29. The topological polar surface area (TPSA) is 118 Å². The van der Waals surface area contributed by atoms with Gasteiger partial charge < -0.3 is 10.6 Å². The standard InChI is InChI=1S/C11H12ClN3O5S/c12-9-5-8(15(17)18)1-2-10(9)14-11(16)13-7-3-4-21(19,20)6-7/h1-2,5,7H,3-4,6H2,(H2,13,14,16)/t7-/m1/s1. The summed E-state index contributed by atoms with van der Waals surface area (Å²) in [5.41, 5.74) is 0.0217. The first-order valence-electron chi connectivity index (χ1n) is 5.99. The third-order valence-corrected chi connectivity index (χ3v) is 5.06. The van der Waals surface area contributed by atoms with Crippen molar-refractivity contribution in [1.82, 2.24) is 5.32 Å². The number of hydrogen-bond acceptors (Lipinski definition) is 5. The molecule has 1 aromatic rings. The molecule has 2 amide bonds. The summed E-state index contributed by atoms with van der Waals surface area (Å²) in [7, 11) is -3.08. The lowest BCUT2D eigenvalue weighted by molar-refractivity contribution is -0.384. The minimum atomic E-state index is -3.08. The van der Waals surface area contributed by atoms with E-state index >= 15 is 0 Å². The summed E-state index contributed by atoms with van der Waals surface area (Å²) in [5, 5.41) is 15.6. The molecule has 1 aromatic carbocycles. The van der Waals surface area contributed by atoms with Crippen LogP contribution in [0.15, 0.2) is 18.2 Å². The van der Waals surface area contributed by atoms with Crippen molar-refractivity contribution in [1.29, 1.82) is 0 Å². The van der Waals surface area contributed by atoms with Crippen LogP contribution in [0.5, 0.6) is 0 Å². The largest absolute Gasteiger partial charge is 0.334 e. The van der Waals surface area contributed by atoms with E-state index in [2.05, 4.69) is 10.6 Å². The van der Waals surface area contributed by atoms with Crippen molar-refractivity contribution in [3.63, 3.8) is 0 Å². The number of carbonyl (C=O) groups is 1. The summed E-state index contributed by atoms with van der Waals surface area (Å²) < 4.78 is 22.6. The van der Waals surface area contributed by atoms with Gasteiger partial charge in [0.25, 0.3) is 5.69 Å². The van der Waals surface area contributed by atoms with Crippen molar-refractivity contribution in [2.45, 2.75) is 12.5 Å². The minimum absolute atomic E-state index is 0.0263. The molecule has 0 spiro atoms. The first-order chi connectivity index (χ1) is 9.77. The third kappa shape index (κ3) is 4.05. The van der Waals surface area contributed by atoms with Gasteiger partial charge in [0.1, 0.15) is 0 Å². The second-order valence-electron chi connectivity index (χ2n) is 4.62. The van der Waals surface area contributed by atoms with Gasteiger partial charge in [-0.25, -0.2) is 13.2 Å². The van der Waals surface area contributed by atoms with Gasteiger partial charge in [0.05, 0.1) is 27.1 Å². The van der Waals surface area contributed by atoms with E-state index < -0.39 is 26.8 Å². The number of non-ortho nitro benzene ring substituents is 1. The molecule has 0 radical (unpaired) electrons. The lowest BCUT2D eigenvalue weighted by Gasteiger charge is -2.12. The predicted molar refractivity (Wildman–Crippen MR) is 77.3 cm³/mol. The van der Waals surface area contributed by atoms with E-state index in [4.69, 9.17) is 11.6 Å². The number of anilines is 1. The number of nitrogens with zero attached hydrogens (tertiary/aromatic N) is 1. The van der Waals surface area contributed by atoms with Gasteiger partial charge in [-0.1, -0.05) is 11.6 Å². The van der Waals surface area contributed by atoms with E-state index in [0.29, 0.717) is 6.42 Å². The molecule has 0 bridgehead atoms. The maximum absolute atomic E-state index is 11.7. The summed E-state index contributed by atoms with van der Waals surface area (Å²) >= 11 is 5.84. The van der Waals surface area contributed by atoms with Crippen molar-refractivity contribution < 1.29 is 18.1 Å². The van der Waals surface area contributed by atoms with Gasteiger partial charge >= 0.3 is 6.03 Å². The lowest BCUT2D eigenvalue weighted by atomic mass is 10.2. The maximum atomic E-state index is 11.7. The van der Waals surface area contributed by atoms with E-state index in [1.165, 1.54) is 12.1 Å². The fourth-order valence-electron chi connectivity index (χ4n) is 1.97. The predicted octanol–water partition coefficient (Wildman–Crippen LogP) is 1.56. The Hall–Kier alpha value is -1.87. The highest BCUT2D eigenvalue weighted by molar-refractivity contribution is 7.91. The van der Waals surface area contributed by atoms with Crippen molar-refractivity contribution >= 4 is 38.8 Å². The van der Waals surface area contributed by atoms with Crippen LogP contribution in [0.25, 0.3) is 0 Å². The average Bonchev–Trinajstić information content (AvgIpc) is 2.70. The van der Waals surface area contributed by atoms with Gasteiger partial charge in [-0.05, 0) is 12.5 Å². The van der Waals surface area contributed by atoms with Crippen molar-refractivity contribution in [3.05, 3.63) is 33.3 Å². The normalized spacial score (nSPS) is 20.0. The zero-order valence-electron chi connectivity index (χ0n) is 10.7.